The molecule has 5 nitrogen and oxygen atoms in total. The SMILES string of the molecule is Nc1ccc(Oc2ccc(N(CCO)CCO)cc2)cc1. The monoisotopic (exact) mass is 288 g/mol. The average Bonchev–Trinajstić information content (AvgIpc) is 2.50. The van der Waals surface area contributed by atoms with Crippen molar-refractivity contribution in [2.24, 2.45) is 0 Å². The quantitative estimate of drug-likeness (QED) is 0.678. The molecule has 0 aliphatic rings. The molecule has 4 N–H and O–H groups in total. The van der Waals surface area contributed by atoms with E-state index in [-0.39, 0.29) is 13.2 Å². The molecule has 0 fully saturated rings. The maximum absolute atomic E-state index is 9.04. The largest absolute Gasteiger partial charge is 0.457 e. The van der Waals surface area contributed by atoms with E-state index < -0.39 is 0 Å². The molecule has 0 aliphatic carbocycles. The molecule has 0 heterocycles. The van der Waals surface area contributed by atoms with Crippen LogP contribution in [-0.2, 0) is 0 Å². The Kier molecular flexibility index (Phi) is 5.43. The number of aliphatic hydroxyl groups excluding tert-OH is 2. The second-order valence-corrected chi connectivity index (χ2v) is 4.60. The Morgan fingerprint density at radius 3 is 1.76 bits per heavy atom. The van der Waals surface area contributed by atoms with Gasteiger partial charge < -0.3 is 25.6 Å². The topological polar surface area (TPSA) is 79.0 Å². The minimum atomic E-state index is 0.0453. The molecule has 2 aromatic carbocycles. The molecular weight excluding hydrogens is 268 g/mol. The fourth-order valence-corrected chi connectivity index (χ4v) is 2.01. The van der Waals surface area contributed by atoms with E-state index >= 15 is 0 Å². The number of rotatable bonds is 7. The van der Waals surface area contributed by atoms with Gasteiger partial charge in [0.2, 0.25) is 0 Å². The van der Waals surface area contributed by atoms with Crippen molar-refractivity contribution in [2.45, 2.75) is 0 Å². The summed E-state index contributed by atoms with van der Waals surface area (Å²) in [6.07, 6.45) is 0. The number of hydrogen-bond donors (Lipinski definition) is 3. The highest BCUT2D eigenvalue weighted by Crippen LogP contribution is 2.25. The molecule has 2 rings (SSSR count). The maximum Gasteiger partial charge on any atom is 0.127 e. The first-order valence-electron chi connectivity index (χ1n) is 6.83. The highest BCUT2D eigenvalue weighted by Gasteiger charge is 2.05. The maximum atomic E-state index is 9.04. The first kappa shape index (κ1) is 15.2. The zero-order valence-electron chi connectivity index (χ0n) is 11.8. The van der Waals surface area contributed by atoms with Crippen molar-refractivity contribution in [1.82, 2.24) is 0 Å². The van der Waals surface area contributed by atoms with Crippen LogP contribution in [0.25, 0.3) is 0 Å². The average molecular weight is 288 g/mol. The number of nitrogens with zero attached hydrogens (tertiary/aromatic N) is 1. The second kappa shape index (κ2) is 7.52. The molecule has 0 spiro atoms. The zero-order valence-corrected chi connectivity index (χ0v) is 11.8. The molecule has 0 aliphatic heterocycles. The van der Waals surface area contributed by atoms with E-state index in [1.54, 1.807) is 12.1 Å². The van der Waals surface area contributed by atoms with Crippen LogP contribution < -0.4 is 15.4 Å². The van der Waals surface area contributed by atoms with Gasteiger partial charge in [0.05, 0.1) is 13.2 Å². The van der Waals surface area contributed by atoms with Crippen LogP contribution in [0.15, 0.2) is 48.5 Å². The van der Waals surface area contributed by atoms with Crippen LogP contribution in [0.1, 0.15) is 0 Å². The van der Waals surface area contributed by atoms with Crippen LogP contribution in [-0.4, -0.2) is 36.5 Å². The lowest BCUT2D eigenvalue weighted by molar-refractivity contribution is 0.281. The Morgan fingerprint density at radius 1 is 0.810 bits per heavy atom. The summed E-state index contributed by atoms with van der Waals surface area (Å²) in [5.41, 5.74) is 7.26. The lowest BCUT2D eigenvalue weighted by Gasteiger charge is -2.23. The second-order valence-electron chi connectivity index (χ2n) is 4.60. The van der Waals surface area contributed by atoms with E-state index in [9.17, 15) is 0 Å². The lowest BCUT2D eigenvalue weighted by Crippen LogP contribution is -2.29. The number of ether oxygens (including phenoxy) is 1. The molecule has 0 saturated carbocycles. The summed E-state index contributed by atoms with van der Waals surface area (Å²) in [5, 5.41) is 18.1. The van der Waals surface area contributed by atoms with E-state index in [1.807, 2.05) is 41.3 Å². The van der Waals surface area contributed by atoms with Gasteiger partial charge in [0.25, 0.3) is 0 Å². The molecule has 0 amide bonds. The fraction of sp³-hybridized carbons (Fsp3) is 0.250. The van der Waals surface area contributed by atoms with Crippen molar-refractivity contribution in [2.75, 3.05) is 36.9 Å². The van der Waals surface area contributed by atoms with Gasteiger partial charge in [-0.2, -0.15) is 0 Å². The predicted octanol–water partition coefficient (Wildman–Crippen LogP) is 1.85. The highest BCUT2D eigenvalue weighted by atomic mass is 16.5. The summed E-state index contributed by atoms with van der Waals surface area (Å²) in [6.45, 7) is 1.06. The summed E-state index contributed by atoms with van der Waals surface area (Å²) >= 11 is 0. The molecular formula is C16H20N2O3. The Bertz CT molecular complexity index is 534. The summed E-state index contributed by atoms with van der Waals surface area (Å²) in [5.74, 6) is 1.44. The molecule has 0 saturated heterocycles. The molecule has 5 heteroatoms. The zero-order chi connectivity index (χ0) is 15.1. The smallest absolute Gasteiger partial charge is 0.127 e. The third-order valence-corrected chi connectivity index (χ3v) is 3.06. The lowest BCUT2D eigenvalue weighted by atomic mass is 10.2. The standard InChI is InChI=1S/C16H20N2O3/c17-13-1-5-15(6-2-13)21-16-7-3-14(4-8-16)18(9-11-19)10-12-20/h1-8,19-20H,9-12,17H2. The van der Waals surface area contributed by atoms with Crippen LogP contribution in [0.3, 0.4) is 0 Å². The van der Waals surface area contributed by atoms with Gasteiger partial charge in [0.1, 0.15) is 11.5 Å². The van der Waals surface area contributed by atoms with Crippen LogP contribution in [0.2, 0.25) is 0 Å². The van der Waals surface area contributed by atoms with E-state index in [2.05, 4.69) is 0 Å². The Morgan fingerprint density at radius 2 is 1.29 bits per heavy atom. The van der Waals surface area contributed by atoms with Gasteiger partial charge in [-0.1, -0.05) is 0 Å². The molecule has 112 valence electrons. The normalized spacial score (nSPS) is 10.4. The molecule has 0 unspecified atom stereocenters. The first-order chi connectivity index (χ1) is 10.2. The van der Waals surface area contributed by atoms with Crippen molar-refractivity contribution in [3.8, 4) is 11.5 Å². The highest BCUT2D eigenvalue weighted by molar-refractivity contribution is 5.50. The van der Waals surface area contributed by atoms with Gasteiger partial charge in [-0.25, -0.2) is 0 Å². The van der Waals surface area contributed by atoms with Gasteiger partial charge in [-0.3, -0.25) is 0 Å². The summed E-state index contributed by atoms with van der Waals surface area (Å²) in [4.78, 5) is 1.91. The predicted molar refractivity (Wildman–Crippen MR) is 83.8 cm³/mol. The van der Waals surface area contributed by atoms with Crippen molar-refractivity contribution in [1.29, 1.82) is 0 Å². The Balaban J connectivity index is 2.05. The third-order valence-electron chi connectivity index (χ3n) is 3.06. The van der Waals surface area contributed by atoms with Crippen molar-refractivity contribution in [3.05, 3.63) is 48.5 Å². The molecule has 0 radical (unpaired) electrons. The molecule has 0 aromatic heterocycles. The van der Waals surface area contributed by atoms with Crippen molar-refractivity contribution in [3.63, 3.8) is 0 Å². The van der Waals surface area contributed by atoms with Crippen LogP contribution in [0, 0.1) is 0 Å². The minimum absolute atomic E-state index is 0.0453. The van der Waals surface area contributed by atoms with Gasteiger partial charge in [0.15, 0.2) is 0 Å². The molecule has 0 atom stereocenters. The van der Waals surface area contributed by atoms with Gasteiger partial charge >= 0.3 is 0 Å². The van der Waals surface area contributed by atoms with Gasteiger partial charge in [-0.05, 0) is 48.5 Å². The van der Waals surface area contributed by atoms with E-state index in [0.29, 0.717) is 18.8 Å². The number of nitrogen functional groups attached to an aromatic ring is 1. The van der Waals surface area contributed by atoms with Crippen molar-refractivity contribution < 1.29 is 14.9 Å². The number of anilines is 2. The fourth-order valence-electron chi connectivity index (χ4n) is 2.01. The summed E-state index contributed by atoms with van der Waals surface area (Å²) in [6, 6.07) is 14.7. The Hall–Kier alpha value is -2.24. The number of hydrogen-bond acceptors (Lipinski definition) is 5. The molecule has 2 aromatic rings. The third kappa shape index (κ3) is 4.37. The van der Waals surface area contributed by atoms with Crippen LogP contribution in [0.5, 0.6) is 11.5 Å². The Labute approximate surface area is 124 Å². The van der Waals surface area contributed by atoms with E-state index in [1.165, 1.54) is 0 Å². The first-order valence-corrected chi connectivity index (χ1v) is 6.83. The summed E-state index contributed by atoms with van der Waals surface area (Å²) in [7, 11) is 0. The van der Waals surface area contributed by atoms with Crippen molar-refractivity contribution >= 4 is 11.4 Å². The summed E-state index contributed by atoms with van der Waals surface area (Å²) < 4.78 is 5.72. The number of aliphatic hydroxyl groups is 2. The minimum Gasteiger partial charge on any atom is -0.457 e. The van der Waals surface area contributed by atoms with Crippen LogP contribution in [0.4, 0.5) is 11.4 Å². The van der Waals surface area contributed by atoms with Gasteiger partial charge in [0, 0.05) is 24.5 Å². The molecule has 21 heavy (non-hydrogen) atoms. The van der Waals surface area contributed by atoms with Gasteiger partial charge in [-0.15, -0.1) is 0 Å². The number of benzene rings is 2. The van der Waals surface area contributed by atoms with Crippen LogP contribution >= 0.6 is 0 Å². The van der Waals surface area contributed by atoms with E-state index in [4.69, 9.17) is 20.7 Å². The number of nitrogens with two attached hydrogens (primary N) is 1. The van der Waals surface area contributed by atoms with E-state index in [0.717, 1.165) is 17.2 Å². The molecule has 0 bridgehead atoms.